The van der Waals surface area contributed by atoms with E-state index in [0.29, 0.717) is 6.42 Å². The van der Waals surface area contributed by atoms with Crippen LogP contribution in [0.15, 0.2) is 22.4 Å². The minimum absolute atomic E-state index is 0.351. The normalized spacial score (nSPS) is 25.1. The lowest BCUT2D eigenvalue weighted by molar-refractivity contribution is -0.139. The predicted molar refractivity (Wildman–Crippen MR) is 50.8 cm³/mol. The molecule has 0 saturated carbocycles. The predicted octanol–water partition coefficient (Wildman–Crippen LogP) is 2.00. The first kappa shape index (κ1) is 10.9. The molecule has 1 aliphatic carbocycles. The fourth-order valence-electron chi connectivity index (χ4n) is 1.47. The van der Waals surface area contributed by atoms with Gasteiger partial charge in [-0.05, 0) is 23.4 Å². The quantitative estimate of drug-likeness (QED) is 0.327. The molecule has 0 aliphatic heterocycles. The van der Waals surface area contributed by atoms with E-state index in [9.17, 15) is 4.79 Å². The van der Waals surface area contributed by atoms with E-state index < -0.39 is 17.9 Å². The molecule has 3 atom stereocenters. The third kappa shape index (κ3) is 2.63. The van der Waals surface area contributed by atoms with Crippen LogP contribution in [0.2, 0.25) is 0 Å². The minimum Gasteiger partial charge on any atom is -0.481 e. The van der Waals surface area contributed by atoms with Gasteiger partial charge in [0.15, 0.2) is 0 Å². The first-order valence-electron chi connectivity index (χ1n) is 4.18. The average molecular weight is 208 g/mol. The number of carbonyl (C=O) groups is 1. The zero-order valence-corrected chi connectivity index (χ0v) is 7.63. The highest BCUT2D eigenvalue weighted by molar-refractivity contribution is 5.74. The molecule has 1 rings (SSSR count). The summed E-state index contributed by atoms with van der Waals surface area (Å²) in [6.45, 7) is 0. The van der Waals surface area contributed by atoms with Gasteiger partial charge in [0.2, 0.25) is 0 Å². The average Bonchev–Trinajstić information content (AvgIpc) is 2.62. The summed E-state index contributed by atoms with van der Waals surface area (Å²) >= 11 is 0. The van der Waals surface area contributed by atoms with Gasteiger partial charge in [0, 0.05) is 9.82 Å². The van der Waals surface area contributed by atoms with Crippen LogP contribution in [0.4, 0.5) is 0 Å². The highest BCUT2D eigenvalue weighted by Crippen LogP contribution is 2.25. The molecule has 0 saturated heterocycles. The number of carboxylic acid groups (broad SMARTS) is 1. The zero-order valence-electron chi connectivity index (χ0n) is 7.63. The third-order valence-corrected chi connectivity index (χ3v) is 2.13. The van der Waals surface area contributed by atoms with E-state index in [1.165, 1.54) is 0 Å². The number of rotatable bonds is 4. The van der Waals surface area contributed by atoms with Crippen molar-refractivity contribution in [1.29, 1.82) is 0 Å². The highest BCUT2D eigenvalue weighted by atomic mass is 16.4. The first-order chi connectivity index (χ1) is 7.19. The van der Waals surface area contributed by atoms with Gasteiger partial charge < -0.3 is 5.11 Å². The maximum Gasteiger partial charge on any atom is 0.313 e. The Kier molecular flexibility index (Phi) is 3.56. The van der Waals surface area contributed by atoms with Crippen molar-refractivity contribution >= 4 is 5.97 Å². The molecule has 0 radical (unpaired) electrons. The molecule has 1 aliphatic rings. The van der Waals surface area contributed by atoms with Crippen molar-refractivity contribution in [2.75, 3.05) is 0 Å². The lowest BCUT2D eigenvalue weighted by atomic mass is 9.99. The van der Waals surface area contributed by atoms with Gasteiger partial charge >= 0.3 is 5.97 Å². The van der Waals surface area contributed by atoms with E-state index in [2.05, 4.69) is 20.1 Å². The van der Waals surface area contributed by atoms with Crippen LogP contribution in [0.5, 0.6) is 0 Å². The Morgan fingerprint density at radius 2 is 2.20 bits per heavy atom. The maximum absolute atomic E-state index is 10.7. The molecule has 8 nitrogen and oxygen atoms in total. The summed E-state index contributed by atoms with van der Waals surface area (Å²) < 4.78 is 0. The number of aliphatic carboxylic acids is 1. The Morgan fingerprint density at radius 3 is 2.73 bits per heavy atom. The Balaban J connectivity index is 2.74. The molecule has 8 heteroatoms. The van der Waals surface area contributed by atoms with Crippen LogP contribution < -0.4 is 0 Å². The minimum atomic E-state index is -1.18. The molecule has 0 bridgehead atoms. The van der Waals surface area contributed by atoms with Gasteiger partial charge in [-0.15, -0.1) is 0 Å². The van der Waals surface area contributed by atoms with E-state index in [1.54, 1.807) is 12.2 Å². The summed E-state index contributed by atoms with van der Waals surface area (Å²) in [4.78, 5) is 15.8. The maximum atomic E-state index is 10.7. The lowest BCUT2D eigenvalue weighted by Gasteiger charge is -2.12. The van der Waals surface area contributed by atoms with Crippen molar-refractivity contribution in [2.24, 2.45) is 16.1 Å². The van der Waals surface area contributed by atoms with Crippen molar-refractivity contribution in [2.45, 2.75) is 18.5 Å². The monoisotopic (exact) mass is 208 g/mol. The summed E-state index contributed by atoms with van der Waals surface area (Å²) in [7, 11) is 0. The smallest absolute Gasteiger partial charge is 0.313 e. The molecular weight excluding hydrogens is 200 g/mol. The van der Waals surface area contributed by atoms with Crippen LogP contribution in [0.1, 0.15) is 6.42 Å². The fraction of sp³-hybridized carbons (Fsp3) is 0.571. The second-order valence-electron chi connectivity index (χ2n) is 3.04. The molecule has 0 unspecified atom stereocenters. The van der Waals surface area contributed by atoms with Crippen molar-refractivity contribution in [3.05, 3.63) is 33.0 Å². The van der Waals surface area contributed by atoms with Crippen molar-refractivity contribution in [3.8, 4) is 0 Å². The van der Waals surface area contributed by atoms with Crippen LogP contribution in [0.3, 0.4) is 0 Å². The van der Waals surface area contributed by atoms with Crippen molar-refractivity contribution in [3.63, 3.8) is 0 Å². The Labute approximate surface area is 84.5 Å². The van der Waals surface area contributed by atoms with E-state index >= 15 is 0 Å². The van der Waals surface area contributed by atoms with Gasteiger partial charge in [0.05, 0.1) is 6.04 Å². The van der Waals surface area contributed by atoms with Crippen molar-refractivity contribution < 1.29 is 9.90 Å². The SMILES string of the molecule is [N-]=[N+]=N[C@H](C(=O)O)[C@@H]1C=C[C@H](N=[N+]=[N-])C1. The largest absolute Gasteiger partial charge is 0.481 e. The summed E-state index contributed by atoms with van der Waals surface area (Å²) in [6.07, 6.45) is 3.58. The van der Waals surface area contributed by atoms with Gasteiger partial charge in [-0.3, -0.25) is 4.79 Å². The van der Waals surface area contributed by atoms with Gasteiger partial charge in [0.25, 0.3) is 0 Å². The molecule has 0 spiro atoms. The third-order valence-electron chi connectivity index (χ3n) is 2.13. The summed E-state index contributed by atoms with van der Waals surface area (Å²) in [5, 5.41) is 15.4. The summed E-state index contributed by atoms with van der Waals surface area (Å²) in [5.74, 6) is -1.59. The van der Waals surface area contributed by atoms with Crippen LogP contribution in [0, 0.1) is 5.92 Å². The number of hydrogen-bond donors (Lipinski definition) is 1. The van der Waals surface area contributed by atoms with Gasteiger partial charge in [-0.1, -0.05) is 22.4 Å². The van der Waals surface area contributed by atoms with Crippen LogP contribution in [-0.2, 0) is 4.79 Å². The number of azide groups is 2. The zero-order chi connectivity index (χ0) is 11.3. The number of hydrogen-bond acceptors (Lipinski definition) is 3. The summed E-state index contributed by atoms with van der Waals surface area (Å²) in [6, 6.07) is -1.49. The van der Waals surface area contributed by atoms with E-state index in [1.807, 2.05) is 0 Å². The lowest BCUT2D eigenvalue weighted by Crippen LogP contribution is -2.25. The van der Waals surface area contributed by atoms with Gasteiger partial charge in [0.1, 0.15) is 6.04 Å². The number of carboxylic acids is 1. The second kappa shape index (κ2) is 4.90. The molecule has 0 heterocycles. The molecule has 15 heavy (non-hydrogen) atoms. The summed E-state index contributed by atoms with van der Waals surface area (Å²) in [5.41, 5.74) is 16.4. The molecule has 0 aromatic heterocycles. The Hall–Kier alpha value is -2.17. The van der Waals surface area contributed by atoms with Crippen LogP contribution in [-0.4, -0.2) is 23.2 Å². The van der Waals surface area contributed by atoms with Gasteiger partial charge in [-0.2, -0.15) is 0 Å². The highest BCUT2D eigenvalue weighted by Gasteiger charge is 2.30. The van der Waals surface area contributed by atoms with Crippen molar-refractivity contribution in [1.82, 2.24) is 0 Å². The molecular formula is C7H8N6O2. The molecule has 0 aromatic carbocycles. The van der Waals surface area contributed by atoms with E-state index in [0.717, 1.165) is 0 Å². The number of nitrogens with zero attached hydrogens (tertiary/aromatic N) is 6. The van der Waals surface area contributed by atoms with Crippen LogP contribution in [0.25, 0.3) is 20.9 Å². The second-order valence-corrected chi connectivity index (χ2v) is 3.04. The topological polar surface area (TPSA) is 135 Å². The fourth-order valence-corrected chi connectivity index (χ4v) is 1.47. The van der Waals surface area contributed by atoms with Crippen LogP contribution >= 0.6 is 0 Å². The van der Waals surface area contributed by atoms with E-state index in [-0.39, 0.29) is 6.04 Å². The van der Waals surface area contributed by atoms with E-state index in [4.69, 9.17) is 16.2 Å². The Bertz CT molecular complexity index is 377. The van der Waals surface area contributed by atoms with Gasteiger partial charge in [-0.25, -0.2) is 0 Å². The Morgan fingerprint density at radius 1 is 1.47 bits per heavy atom. The molecule has 0 fully saturated rings. The molecule has 78 valence electrons. The molecule has 0 aromatic rings. The first-order valence-corrected chi connectivity index (χ1v) is 4.18. The standard InChI is InChI=1S/C7H8N6O2/c8-12-10-5-2-1-4(3-5)6(7(14)15)11-13-9/h1-2,4-6H,3H2,(H,14,15)/t4-,5+,6+/m1/s1. The molecule has 1 N–H and O–H groups in total. The molecule has 0 amide bonds.